The van der Waals surface area contributed by atoms with Crippen LogP contribution in [0.15, 0.2) is 29.4 Å². The summed E-state index contributed by atoms with van der Waals surface area (Å²) in [7, 11) is 0. The predicted molar refractivity (Wildman–Crippen MR) is 108 cm³/mol. The van der Waals surface area contributed by atoms with Crippen LogP contribution < -0.4 is 5.32 Å². The first-order valence-electron chi connectivity index (χ1n) is 9.51. The fourth-order valence-electron chi connectivity index (χ4n) is 4.51. The monoisotopic (exact) mass is 382 g/mol. The van der Waals surface area contributed by atoms with Gasteiger partial charge in [0.15, 0.2) is 0 Å². The smallest absolute Gasteiger partial charge is 0.237 e. The number of rotatable bonds is 4. The molecular formula is C21H26N4OS. The van der Waals surface area contributed by atoms with Crippen molar-refractivity contribution in [3.63, 3.8) is 0 Å². The lowest BCUT2D eigenvalue weighted by atomic mass is 9.70. The number of nitrogens with one attached hydrogen (secondary N) is 1. The molecule has 1 N–H and O–H groups in total. The van der Waals surface area contributed by atoms with E-state index in [0.717, 1.165) is 29.9 Å². The van der Waals surface area contributed by atoms with Crippen molar-refractivity contribution in [1.82, 2.24) is 15.2 Å². The summed E-state index contributed by atoms with van der Waals surface area (Å²) in [5, 5.41) is 12.1. The molecule has 4 rings (SSSR count). The number of carbonyl (C=O) groups excluding carboxylic acids is 1. The maximum Gasteiger partial charge on any atom is 0.237 e. The van der Waals surface area contributed by atoms with Crippen molar-refractivity contribution in [3.05, 3.63) is 41.2 Å². The van der Waals surface area contributed by atoms with Crippen molar-refractivity contribution in [2.75, 3.05) is 5.32 Å². The highest BCUT2D eigenvalue weighted by atomic mass is 32.2. The van der Waals surface area contributed by atoms with E-state index in [1.165, 1.54) is 17.3 Å². The lowest BCUT2D eigenvalue weighted by Gasteiger charge is -2.34. The van der Waals surface area contributed by atoms with Crippen molar-refractivity contribution in [1.29, 1.82) is 0 Å². The van der Waals surface area contributed by atoms with Gasteiger partial charge in [0.05, 0.1) is 16.6 Å². The van der Waals surface area contributed by atoms with Crippen molar-refractivity contribution in [2.45, 2.75) is 69.2 Å². The second-order valence-electron chi connectivity index (χ2n) is 8.59. The van der Waals surface area contributed by atoms with E-state index in [0.29, 0.717) is 11.1 Å². The standard InChI is InChI=1S/C21H26N4OS/c1-12-6-8-14(9-7-12)22-18(26)13(2)27-19-23-17-16(24-25-19)15-10-11-21(17,5)20(15,3)4/h6-9,13,15H,10-11H2,1-5H3,(H,22,26)/t13-,15-,21-/m1/s1. The third kappa shape index (κ3) is 2.85. The maximum absolute atomic E-state index is 12.5. The molecule has 0 saturated heterocycles. The summed E-state index contributed by atoms with van der Waals surface area (Å²) in [6.45, 7) is 10.8. The summed E-state index contributed by atoms with van der Waals surface area (Å²) in [5.74, 6) is 0.389. The summed E-state index contributed by atoms with van der Waals surface area (Å²) >= 11 is 1.37. The van der Waals surface area contributed by atoms with Crippen molar-refractivity contribution >= 4 is 23.4 Å². The van der Waals surface area contributed by atoms with Crippen molar-refractivity contribution < 1.29 is 4.79 Å². The molecule has 27 heavy (non-hydrogen) atoms. The molecule has 142 valence electrons. The molecule has 1 saturated carbocycles. The zero-order valence-corrected chi connectivity index (χ0v) is 17.4. The van der Waals surface area contributed by atoms with Gasteiger partial charge >= 0.3 is 0 Å². The van der Waals surface area contributed by atoms with Gasteiger partial charge in [-0.05, 0) is 44.2 Å². The van der Waals surface area contributed by atoms with E-state index in [1.54, 1.807) is 0 Å². The average molecular weight is 383 g/mol. The Balaban J connectivity index is 1.50. The number of hydrogen-bond donors (Lipinski definition) is 1. The minimum absolute atomic E-state index is 0.0473. The third-order valence-electron chi connectivity index (χ3n) is 6.74. The number of amides is 1. The topological polar surface area (TPSA) is 67.8 Å². The minimum atomic E-state index is -0.300. The van der Waals surface area contributed by atoms with Crippen LogP contribution >= 0.6 is 11.8 Å². The van der Waals surface area contributed by atoms with Gasteiger partial charge in [-0.2, -0.15) is 5.10 Å². The summed E-state index contributed by atoms with van der Waals surface area (Å²) in [4.78, 5) is 17.4. The number of carbonyl (C=O) groups is 1. The van der Waals surface area contributed by atoms with Gasteiger partial charge in [-0.1, -0.05) is 50.2 Å². The zero-order valence-electron chi connectivity index (χ0n) is 16.5. The van der Waals surface area contributed by atoms with E-state index in [2.05, 4.69) is 36.3 Å². The highest BCUT2D eigenvalue weighted by Crippen LogP contribution is 2.66. The van der Waals surface area contributed by atoms with Crippen LogP contribution in [-0.4, -0.2) is 26.3 Å². The molecule has 1 amide bonds. The number of nitrogens with zero attached hydrogens (tertiary/aromatic N) is 3. The summed E-state index contributed by atoms with van der Waals surface area (Å²) < 4.78 is 0. The highest BCUT2D eigenvalue weighted by Gasteiger charge is 2.61. The van der Waals surface area contributed by atoms with Crippen LogP contribution in [0.3, 0.4) is 0 Å². The number of aromatic nitrogens is 3. The molecule has 2 aliphatic rings. The normalized spacial score (nSPS) is 25.9. The molecule has 6 heteroatoms. The van der Waals surface area contributed by atoms with Gasteiger partial charge in [-0.3, -0.25) is 4.79 Å². The van der Waals surface area contributed by atoms with Gasteiger partial charge < -0.3 is 5.32 Å². The third-order valence-corrected chi connectivity index (χ3v) is 7.69. The Morgan fingerprint density at radius 2 is 1.93 bits per heavy atom. The molecule has 1 aromatic heterocycles. The van der Waals surface area contributed by atoms with Crippen LogP contribution in [0.1, 0.15) is 63.4 Å². The van der Waals surface area contributed by atoms with Crippen LogP contribution in [0.25, 0.3) is 0 Å². The first-order valence-corrected chi connectivity index (χ1v) is 10.4. The summed E-state index contributed by atoms with van der Waals surface area (Å²) in [6.07, 6.45) is 2.30. The van der Waals surface area contributed by atoms with Crippen molar-refractivity contribution in [2.24, 2.45) is 5.41 Å². The number of thioether (sulfide) groups is 1. The fraction of sp³-hybridized carbons (Fsp3) is 0.524. The summed E-state index contributed by atoms with van der Waals surface area (Å²) in [6, 6.07) is 7.80. The highest BCUT2D eigenvalue weighted by molar-refractivity contribution is 8.00. The predicted octanol–water partition coefficient (Wildman–Crippen LogP) is 4.47. The first kappa shape index (κ1) is 18.4. The molecule has 2 bridgehead atoms. The Bertz CT molecular complexity index is 896. The van der Waals surface area contributed by atoms with Crippen LogP contribution in [0.5, 0.6) is 0 Å². The molecule has 1 aromatic carbocycles. The molecule has 1 heterocycles. The summed E-state index contributed by atoms with van der Waals surface area (Å²) in [5.41, 5.74) is 4.33. The van der Waals surface area contributed by atoms with Crippen LogP contribution in [-0.2, 0) is 10.2 Å². The lowest BCUT2D eigenvalue weighted by molar-refractivity contribution is -0.115. The molecule has 0 unspecified atom stereocenters. The Morgan fingerprint density at radius 1 is 1.22 bits per heavy atom. The quantitative estimate of drug-likeness (QED) is 0.790. The van der Waals surface area contributed by atoms with Crippen LogP contribution in [0.2, 0.25) is 0 Å². The Labute approximate surface area is 164 Å². The fourth-order valence-corrected chi connectivity index (χ4v) is 5.22. The van der Waals surface area contributed by atoms with Gasteiger partial charge in [-0.25, -0.2) is 4.98 Å². The van der Waals surface area contributed by atoms with E-state index in [4.69, 9.17) is 4.98 Å². The van der Waals surface area contributed by atoms with Gasteiger partial charge in [-0.15, -0.1) is 5.10 Å². The molecule has 1 fully saturated rings. The molecular weight excluding hydrogens is 356 g/mol. The SMILES string of the molecule is Cc1ccc(NC(=O)[C@@H](C)Sc2nnc3c(n2)[C@@]2(C)CC[C@H]3C2(C)C)cc1. The average Bonchev–Trinajstić information content (AvgIpc) is 2.96. The number of anilines is 1. The van der Waals surface area contributed by atoms with Crippen LogP contribution in [0.4, 0.5) is 5.69 Å². The minimum Gasteiger partial charge on any atom is -0.325 e. The molecule has 2 aromatic rings. The van der Waals surface area contributed by atoms with Gasteiger partial charge in [0.2, 0.25) is 11.1 Å². The Morgan fingerprint density at radius 3 is 2.63 bits per heavy atom. The number of benzene rings is 1. The Hall–Kier alpha value is -1.95. The van der Waals surface area contributed by atoms with E-state index in [9.17, 15) is 4.79 Å². The van der Waals surface area contributed by atoms with E-state index < -0.39 is 0 Å². The van der Waals surface area contributed by atoms with E-state index in [-0.39, 0.29) is 22.0 Å². The largest absolute Gasteiger partial charge is 0.325 e. The second kappa shape index (κ2) is 6.30. The maximum atomic E-state index is 12.5. The second-order valence-corrected chi connectivity index (χ2v) is 9.90. The molecule has 0 radical (unpaired) electrons. The number of hydrogen-bond acceptors (Lipinski definition) is 5. The molecule has 5 nitrogen and oxygen atoms in total. The van der Waals surface area contributed by atoms with Gasteiger partial charge in [0.25, 0.3) is 0 Å². The van der Waals surface area contributed by atoms with Crippen molar-refractivity contribution in [3.8, 4) is 0 Å². The number of aryl methyl sites for hydroxylation is 1. The molecule has 0 aliphatic heterocycles. The van der Waals surface area contributed by atoms with Gasteiger partial charge in [0.1, 0.15) is 0 Å². The molecule has 3 atom stereocenters. The van der Waals surface area contributed by atoms with E-state index in [1.807, 2.05) is 38.1 Å². The molecule has 2 aliphatic carbocycles. The zero-order chi connectivity index (χ0) is 19.4. The lowest BCUT2D eigenvalue weighted by Crippen LogP contribution is -2.32. The van der Waals surface area contributed by atoms with Crippen LogP contribution in [0, 0.1) is 12.3 Å². The first-order chi connectivity index (χ1) is 12.7. The Kier molecular flexibility index (Phi) is 4.29. The molecule has 0 spiro atoms. The van der Waals surface area contributed by atoms with E-state index >= 15 is 0 Å². The number of fused-ring (bicyclic) bond motifs is 5. The van der Waals surface area contributed by atoms with Gasteiger partial charge in [0, 0.05) is 17.0 Å².